The lowest BCUT2D eigenvalue weighted by Crippen LogP contribution is -2.30. The molecule has 0 bridgehead atoms. The third-order valence-corrected chi connectivity index (χ3v) is 6.00. The van der Waals surface area contributed by atoms with Gasteiger partial charge in [0.05, 0.1) is 21.8 Å². The third kappa shape index (κ3) is 5.03. The van der Waals surface area contributed by atoms with Gasteiger partial charge in [-0.2, -0.15) is 0 Å². The largest absolute Gasteiger partial charge is 0.375 e. The van der Waals surface area contributed by atoms with Gasteiger partial charge >= 0.3 is 0 Å². The van der Waals surface area contributed by atoms with Crippen LogP contribution in [0.5, 0.6) is 0 Å². The van der Waals surface area contributed by atoms with Crippen molar-refractivity contribution in [3.63, 3.8) is 0 Å². The van der Waals surface area contributed by atoms with Gasteiger partial charge in [-0.3, -0.25) is 10.1 Å². The van der Waals surface area contributed by atoms with Crippen molar-refractivity contribution in [2.24, 2.45) is 10.9 Å². The first kappa shape index (κ1) is 22.1. The Balaban J connectivity index is 1.59. The number of thiazole rings is 1. The summed E-state index contributed by atoms with van der Waals surface area (Å²) in [6, 6.07) is 11.8. The number of fused-ring (bicyclic) bond motifs is 1. The molecule has 1 aliphatic rings. The molecular formula is C24H25FN4O2S. The molecule has 1 saturated heterocycles. The number of ether oxygens (including phenoxy) is 1. The number of benzene rings is 2. The van der Waals surface area contributed by atoms with Gasteiger partial charge in [0.1, 0.15) is 17.6 Å². The van der Waals surface area contributed by atoms with E-state index in [1.807, 2.05) is 18.2 Å². The van der Waals surface area contributed by atoms with Crippen molar-refractivity contribution >= 4 is 39.5 Å². The minimum absolute atomic E-state index is 0.243. The zero-order valence-corrected chi connectivity index (χ0v) is 18.9. The quantitative estimate of drug-likeness (QED) is 0.512. The van der Waals surface area contributed by atoms with Crippen molar-refractivity contribution in [2.75, 3.05) is 7.11 Å². The molecule has 0 radical (unpaired) electrons. The van der Waals surface area contributed by atoms with Crippen LogP contribution in [0.2, 0.25) is 0 Å². The minimum atomic E-state index is -0.369. The van der Waals surface area contributed by atoms with Gasteiger partial charge in [-0.1, -0.05) is 32.0 Å². The molecule has 0 spiro atoms. The van der Waals surface area contributed by atoms with Crippen LogP contribution in [-0.2, 0) is 9.53 Å². The molecule has 8 heteroatoms. The summed E-state index contributed by atoms with van der Waals surface area (Å²) in [5.74, 6) is 0.189. The van der Waals surface area contributed by atoms with Gasteiger partial charge in [0.25, 0.3) is 5.91 Å². The molecule has 4 rings (SSSR count). The first-order valence-electron chi connectivity index (χ1n) is 10.4. The predicted molar refractivity (Wildman–Crippen MR) is 126 cm³/mol. The summed E-state index contributed by atoms with van der Waals surface area (Å²) >= 11 is 1.56. The van der Waals surface area contributed by atoms with E-state index in [4.69, 9.17) is 9.73 Å². The second kappa shape index (κ2) is 9.58. The highest BCUT2D eigenvalue weighted by Crippen LogP contribution is 2.28. The van der Waals surface area contributed by atoms with Crippen molar-refractivity contribution in [2.45, 2.75) is 32.4 Å². The molecule has 0 aliphatic carbocycles. The number of nitrogens with zero attached hydrogens (tertiary/aromatic N) is 2. The van der Waals surface area contributed by atoms with E-state index in [1.54, 1.807) is 42.2 Å². The highest BCUT2D eigenvalue weighted by atomic mass is 32.1. The molecule has 1 fully saturated rings. The summed E-state index contributed by atoms with van der Waals surface area (Å²) in [5.41, 5.74) is 4.90. The van der Waals surface area contributed by atoms with E-state index < -0.39 is 0 Å². The molecule has 1 amide bonds. The van der Waals surface area contributed by atoms with Gasteiger partial charge in [0.15, 0.2) is 0 Å². The number of aliphatic imine (C=N–C) groups is 1. The third-order valence-electron chi connectivity index (χ3n) is 5.21. The van der Waals surface area contributed by atoms with E-state index in [1.165, 1.54) is 12.1 Å². The van der Waals surface area contributed by atoms with E-state index in [9.17, 15) is 9.18 Å². The molecule has 1 aliphatic heterocycles. The Kier molecular flexibility index (Phi) is 6.62. The standard InChI is InChI=1S/C24H25FN4O2S/c1-14(2)10-19(22(31-3)16-5-7-17(25)8-6-16)27-24-28-20(23(30)29-24)11-15-4-9-18-21(12-15)32-13-26-18/h4-9,11-14,19,22H,10H2,1-3H3,(H2,27,28,29,30)/b20-11-/t19-,22?/m1/s1. The molecule has 2 aromatic carbocycles. The Labute approximate surface area is 190 Å². The maximum Gasteiger partial charge on any atom is 0.274 e. The smallest absolute Gasteiger partial charge is 0.274 e. The maximum atomic E-state index is 13.4. The Bertz CT molecular complexity index is 1170. The van der Waals surface area contributed by atoms with Crippen LogP contribution in [0.15, 0.2) is 58.7 Å². The van der Waals surface area contributed by atoms with Crippen LogP contribution >= 0.6 is 11.3 Å². The van der Waals surface area contributed by atoms with Crippen LogP contribution in [0.3, 0.4) is 0 Å². The first-order chi connectivity index (χ1) is 15.4. The van der Waals surface area contributed by atoms with Crippen molar-refractivity contribution < 1.29 is 13.9 Å². The van der Waals surface area contributed by atoms with Crippen LogP contribution in [-0.4, -0.2) is 30.0 Å². The molecule has 0 saturated carbocycles. The SMILES string of the molecule is COC(c1ccc(F)cc1)[C@@H](CC(C)C)N=C1NC(=O)/C(=C/c2ccc3ncsc3c2)N1. The number of nitrogens with one attached hydrogen (secondary N) is 2. The molecule has 32 heavy (non-hydrogen) atoms. The zero-order valence-electron chi connectivity index (χ0n) is 18.1. The molecule has 6 nitrogen and oxygen atoms in total. The number of carbonyl (C=O) groups excluding carboxylic acids is 1. The van der Waals surface area contributed by atoms with Gasteiger partial charge < -0.3 is 10.1 Å². The van der Waals surface area contributed by atoms with Gasteiger partial charge in [0.2, 0.25) is 5.96 Å². The van der Waals surface area contributed by atoms with E-state index in [0.29, 0.717) is 17.6 Å². The fourth-order valence-electron chi connectivity index (χ4n) is 3.75. The number of rotatable bonds is 7. The lowest BCUT2D eigenvalue weighted by atomic mass is 9.95. The fraction of sp³-hybridized carbons (Fsp3) is 0.292. The van der Waals surface area contributed by atoms with Crippen molar-refractivity contribution in [3.05, 3.63) is 70.6 Å². The summed E-state index contributed by atoms with van der Waals surface area (Å²) in [4.78, 5) is 21.6. The second-order valence-electron chi connectivity index (χ2n) is 8.10. The van der Waals surface area contributed by atoms with Crippen molar-refractivity contribution in [1.29, 1.82) is 0 Å². The lowest BCUT2D eigenvalue weighted by molar-refractivity contribution is -0.115. The van der Waals surface area contributed by atoms with Crippen molar-refractivity contribution in [3.8, 4) is 0 Å². The average Bonchev–Trinajstić information content (AvgIpc) is 3.35. The molecule has 2 heterocycles. The van der Waals surface area contributed by atoms with Crippen LogP contribution in [0, 0.1) is 11.7 Å². The van der Waals surface area contributed by atoms with Gasteiger partial charge in [-0.05, 0) is 53.8 Å². The van der Waals surface area contributed by atoms with Crippen LogP contribution in [0.4, 0.5) is 4.39 Å². The number of halogens is 1. The Morgan fingerprint density at radius 2 is 1.97 bits per heavy atom. The summed E-state index contributed by atoms with van der Waals surface area (Å²) in [6.45, 7) is 4.21. The van der Waals surface area contributed by atoms with E-state index in [0.717, 1.165) is 27.8 Å². The van der Waals surface area contributed by atoms with E-state index in [2.05, 4.69) is 29.5 Å². The normalized spacial score (nSPS) is 18.3. The number of guanidine groups is 1. The van der Waals surface area contributed by atoms with Gasteiger partial charge in [0, 0.05) is 7.11 Å². The molecule has 3 aromatic rings. The summed E-state index contributed by atoms with van der Waals surface area (Å²) in [5, 5.41) is 5.90. The Hall–Kier alpha value is -3.10. The van der Waals surface area contributed by atoms with E-state index in [-0.39, 0.29) is 23.9 Å². The highest BCUT2D eigenvalue weighted by molar-refractivity contribution is 7.16. The van der Waals surface area contributed by atoms with Crippen molar-refractivity contribution in [1.82, 2.24) is 15.6 Å². The monoisotopic (exact) mass is 452 g/mol. The number of methoxy groups -OCH3 is 1. The summed E-state index contributed by atoms with van der Waals surface area (Å²) < 4.78 is 20.2. The molecule has 1 unspecified atom stereocenters. The molecule has 2 N–H and O–H groups in total. The summed E-state index contributed by atoms with van der Waals surface area (Å²) in [7, 11) is 1.61. The van der Waals surface area contributed by atoms with Gasteiger partial charge in [-0.25, -0.2) is 14.4 Å². The topological polar surface area (TPSA) is 75.6 Å². The first-order valence-corrected chi connectivity index (χ1v) is 11.3. The highest BCUT2D eigenvalue weighted by Gasteiger charge is 2.28. The number of hydrogen-bond acceptors (Lipinski definition) is 5. The second-order valence-corrected chi connectivity index (χ2v) is 8.99. The predicted octanol–water partition coefficient (Wildman–Crippen LogP) is 4.65. The molecule has 1 aromatic heterocycles. The lowest BCUT2D eigenvalue weighted by Gasteiger charge is -2.25. The molecule has 2 atom stereocenters. The van der Waals surface area contributed by atoms with Crippen LogP contribution < -0.4 is 10.6 Å². The maximum absolute atomic E-state index is 13.4. The summed E-state index contributed by atoms with van der Waals surface area (Å²) in [6.07, 6.45) is 2.16. The number of amides is 1. The Morgan fingerprint density at radius 1 is 1.19 bits per heavy atom. The van der Waals surface area contributed by atoms with Crippen LogP contribution in [0.1, 0.15) is 37.5 Å². The fourth-order valence-corrected chi connectivity index (χ4v) is 4.47. The zero-order chi connectivity index (χ0) is 22.7. The minimum Gasteiger partial charge on any atom is -0.375 e. The Morgan fingerprint density at radius 3 is 2.69 bits per heavy atom. The average molecular weight is 453 g/mol. The molecule has 166 valence electrons. The van der Waals surface area contributed by atoms with Gasteiger partial charge in [-0.15, -0.1) is 11.3 Å². The number of carbonyl (C=O) groups is 1. The number of aromatic nitrogens is 1. The van der Waals surface area contributed by atoms with Crippen LogP contribution in [0.25, 0.3) is 16.3 Å². The van der Waals surface area contributed by atoms with E-state index >= 15 is 0 Å². The number of hydrogen-bond donors (Lipinski definition) is 2. The molecular weight excluding hydrogens is 427 g/mol.